The molecule has 0 aromatic rings. The number of rotatable bonds is 50. The van der Waals surface area contributed by atoms with Gasteiger partial charge in [-0.05, 0) is 64.2 Å². The molecule has 6 nitrogen and oxygen atoms in total. The second-order valence-electron chi connectivity index (χ2n) is 18.5. The van der Waals surface area contributed by atoms with E-state index in [1.807, 2.05) is 0 Å². The largest absolute Gasteiger partial charge is 0.462 e. The average Bonchev–Trinajstić information content (AvgIpc) is 3.27. The maximum absolute atomic E-state index is 12.7. The van der Waals surface area contributed by atoms with Crippen LogP contribution in [0, 0.1) is 0 Å². The maximum Gasteiger partial charge on any atom is 0.306 e. The van der Waals surface area contributed by atoms with Gasteiger partial charge in [-0.3, -0.25) is 14.4 Å². The zero-order valence-corrected chi connectivity index (χ0v) is 41.7. The number of allylic oxidation sites excluding steroid dienone is 4. The number of unbranched alkanes of at least 4 members (excludes halogenated alkanes) is 35. The number of ether oxygens (including phenoxy) is 3. The van der Waals surface area contributed by atoms with E-state index in [9.17, 15) is 14.4 Å². The second kappa shape index (κ2) is 51.5. The van der Waals surface area contributed by atoms with Gasteiger partial charge < -0.3 is 14.2 Å². The number of esters is 3. The maximum atomic E-state index is 12.7. The van der Waals surface area contributed by atoms with Crippen molar-refractivity contribution < 1.29 is 28.6 Å². The summed E-state index contributed by atoms with van der Waals surface area (Å²) in [5.41, 5.74) is 0. The third kappa shape index (κ3) is 48.9. The Labute approximate surface area is 385 Å². The summed E-state index contributed by atoms with van der Waals surface area (Å²) in [7, 11) is 0. The van der Waals surface area contributed by atoms with Gasteiger partial charge in [0.25, 0.3) is 0 Å². The van der Waals surface area contributed by atoms with Crippen LogP contribution in [0.15, 0.2) is 24.3 Å². The van der Waals surface area contributed by atoms with Crippen LogP contribution in [0.25, 0.3) is 0 Å². The van der Waals surface area contributed by atoms with E-state index in [2.05, 4.69) is 45.1 Å². The van der Waals surface area contributed by atoms with Crippen molar-refractivity contribution in [1.82, 2.24) is 0 Å². The van der Waals surface area contributed by atoms with Crippen LogP contribution >= 0.6 is 0 Å². The average molecular weight is 873 g/mol. The van der Waals surface area contributed by atoms with E-state index in [4.69, 9.17) is 14.2 Å². The number of carbonyl (C=O) groups is 3. The second-order valence-corrected chi connectivity index (χ2v) is 18.5. The first kappa shape index (κ1) is 59.9. The highest BCUT2D eigenvalue weighted by Gasteiger charge is 2.19. The zero-order chi connectivity index (χ0) is 45.1. The van der Waals surface area contributed by atoms with Crippen LogP contribution in [0.2, 0.25) is 0 Å². The first-order valence-electron chi connectivity index (χ1n) is 27.3. The molecule has 62 heavy (non-hydrogen) atoms. The smallest absolute Gasteiger partial charge is 0.306 e. The lowest BCUT2D eigenvalue weighted by Gasteiger charge is -2.18. The molecule has 0 fully saturated rings. The predicted molar refractivity (Wildman–Crippen MR) is 266 cm³/mol. The van der Waals surface area contributed by atoms with Crippen molar-refractivity contribution in [2.45, 2.75) is 303 Å². The Hall–Kier alpha value is -2.11. The molecule has 0 radical (unpaired) electrons. The standard InChI is InChI=1S/C56H104O6/c1-4-7-10-13-16-19-22-23-24-25-26-27-28-29-30-31-32-33-35-37-40-43-46-49-55(58)61-52-53(51-60-54(57)48-45-42-39-36-21-18-15-12-9-6-3)62-56(59)50-47-44-41-38-34-20-17-14-11-8-5-2/h14,17,25-26,53H,4-13,15-16,18-24,27-52H2,1-3H3/b17-14-,26-25-. The van der Waals surface area contributed by atoms with E-state index in [0.29, 0.717) is 19.3 Å². The highest BCUT2D eigenvalue weighted by molar-refractivity contribution is 5.71. The van der Waals surface area contributed by atoms with Crippen molar-refractivity contribution in [3.63, 3.8) is 0 Å². The molecule has 0 saturated carbocycles. The number of carbonyl (C=O) groups excluding carboxylic acids is 3. The van der Waals surface area contributed by atoms with Gasteiger partial charge in [0.15, 0.2) is 6.10 Å². The molecular weight excluding hydrogens is 769 g/mol. The molecule has 1 atom stereocenters. The molecular formula is C56H104O6. The van der Waals surface area contributed by atoms with Crippen LogP contribution in [0.4, 0.5) is 0 Å². The molecule has 6 heteroatoms. The van der Waals surface area contributed by atoms with Gasteiger partial charge in [0.2, 0.25) is 0 Å². The lowest BCUT2D eigenvalue weighted by atomic mass is 10.0. The molecule has 0 aliphatic rings. The molecule has 0 heterocycles. The lowest BCUT2D eigenvalue weighted by Crippen LogP contribution is -2.30. The van der Waals surface area contributed by atoms with Crippen molar-refractivity contribution in [2.24, 2.45) is 0 Å². The molecule has 0 rings (SSSR count). The van der Waals surface area contributed by atoms with Crippen molar-refractivity contribution >= 4 is 17.9 Å². The summed E-state index contributed by atoms with van der Waals surface area (Å²) in [5, 5.41) is 0. The van der Waals surface area contributed by atoms with Gasteiger partial charge in [0.05, 0.1) is 0 Å². The fraction of sp³-hybridized carbons (Fsp3) is 0.875. The molecule has 0 aliphatic heterocycles. The molecule has 0 aliphatic carbocycles. The third-order valence-electron chi connectivity index (χ3n) is 12.2. The van der Waals surface area contributed by atoms with E-state index < -0.39 is 6.10 Å². The first-order chi connectivity index (χ1) is 30.5. The molecule has 0 spiro atoms. The molecule has 0 saturated heterocycles. The van der Waals surface area contributed by atoms with E-state index >= 15 is 0 Å². The van der Waals surface area contributed by atoms with Crippen molar-refractivity contribution in [3.05, 3.63) is 24.3 Å². The minimum absolute atomic E-state index is 0.0713. The molecule has 0 aromatic carbocycles. The summed E-state index contributed by atoms with van der Waals surface area (Å²) >= 11 is 0. The highest BCUT2D eigenvalue weighted by atomic mass is 16.6. The van der Waals surface area contributed by atoms with Crippen LogP contribution < -0.4 is 0 Å². The lowest BCUT2D eigenvalue weighted by molar-refractivity contribution is -0.167. The van der Waals surface area contributed by atoms with Crippen molar-refractivity contribution in [1.29, 1.82) is 0 Å². The summed E-state index contributed by atoms with van der Waals surface area (Å²) in [6.07, 6.45) is 58.9. The van der Waals surface area contributed by atoms with Crippen LogP contribution in [-0.2, 0) is 28.6 Å². The van der Waals surface area contributed by atoms with Crippen molar-refractivity contribution in [3.8, 4) is 0 Å². The fourth-order valence-corrected chi connectivity index (χ4v) is 8.01. The van der Waals surface area contributed by atoms with E-state index in [1.165, 1.54) is 193 Å². The first-order valence-corrected chi connectivity index (χ1v) is 27.3. The van der Waals surface area contributed by atoms with Crippen LogP contribution in [0.3, 0.4) is 0 Å². The van der Waals surface area contributed by atoms with Gasteiger partial charge >= 0.3 is 17.9 Å². The molecule has 0 amide bonds. The Morgan fingerprint density at radius 2 is 0.548 bits per heavy atom. The van der Waals surface area contributed by atoms with Crippen LogP contribution in [0.1, 0.15) is 297 Å². The topological polar surface area (TPSA) is 78.9 Å². The summed E-state index contributed by atoms with van der Waals surface area (Å²) < 4.78 is 16.8. The Bertz CT molecular complexity index is 1000. The van der Waals surface area contributed by atoms with Gasteiger partial charge in [0, 0.05) is 19.3 Å². The van der Waals surface area contributed by atoms with E-state index in [-0.39, 0.29) is 31.1 Å². The minimum atomic E-state index is -0.770. The Morgan fingerprint density at radius 3 is 0.855 bits per heavy atom. The Kier molecular flexibility index (Phi) is 49.8. The van der Waals surface area contributed by atoms with E-state index in [0.717, 1.165) is 64.2 Å². The summed E-state index contributed by atoms with van der Waals surface area (Å²) in [6, 6.07) is 0. The van der Waals surface area contributed by atoms with Crippen molar-refractivity contribution in [2.75, 3.05) is 13.2 Å². The number of hydrogen-bond donors (Lipinski definition) is 0. The van der Waals surface area contributed by atoms with Gasteiger partial charge in [0.1, 0.15) is 13.2 Å². The predicted octanol–water partition coefficient (Wildman–Crippen LogP) is 17.9. The third-order valence-corrected chi connectivity index (χ3v) is 12.2. The van der Waals surface area contributed by atoms with Crippen LogP contribution in [-0.4, -0.2) is 37.2 Å². The van der Waals surface area contributed by atoms with Gasteiger partial charge in [-0.25, -0.2) is 0 Å². The highest BCUT2D eigenvalue weighted by Crippen LogP contribution is 2.16. The SMILES string of the molecule is CCCC/C=C\CCCCCCCC(=O)OC(COC(=O)CCCCCCCCCCCC)COC(=O)CCCCCCCCCCCCC/C=C\CCCCCCCCCC. The monoisotopic (exact) mass is 873 g/mol. The molecule has 1 unspecified atom stereocenters. The quantitative estimate of drug-likeness (QED) is 0.0262. The Morgan fingerprint density at radius 1 is 0.306 bits per heavy atom. The molecule has 364 valence electrons. The minimum Gasteiger partial charge on any atom is -0.462 e. The van der Waals surface area contributed by atoms with Crippen LogP contribution in [0.5, 0.6) is 0 Å². The fourth-order valence-electron chi connectivity index (χ4n) is 8.01. The van der Waals surface area contributed by atoms with Gasteiger partial charge in [-0.15, -0.1) is 0 Å². The van der Waals surface area contributed by atoms with E-state index in [1.54, 1.807) is 0 Å². The summed E-state index contributed by atoms with van der Waals surface area (Å²) in [4.78, 5) is 37.9. The summed E-state index contributed by atoms with van der Waals surface area (Å²) in [5.74, 6) is -0.871. The summed E-state index contributed by atoms with van der Waals surface area (Å²) in [6.45, 7) is 6.61. The normalized spacial score (nSPS) is 12.1. The molecule has 0 N–H and O–H groups in total. The number of hydrogen-bond acceptors (Lipinski definition) is 6. The van der Waals surface area contributed by atoms with Gasteiger partial charge in [-0.2, -0.15) is 0 Å². The molecule has 0 bridgehead atoms. The van der Waals surface area contributed by atoms with Gasteiger partial charge in [-0.1, -0.05) is 238 Å². The Balaban J connectivity index is 4.17. The molecule has 0 aromatic heterocycles. The zero-order valence-electron chi connectivity index (χ0n) is 41.7.